The van der Waals surface area contributed by atoms with E-state index in [1.54, 1.807) is 22.6 Å². The second kappa shape index (κ2) is 6.17. The van der Waals surface area contributed by atoms with E-state index in [0.29, 0.717) is 5.75 Å². The molecule has 0 radical (unpaired) electrons. The summed E-state index contributed by atoms with van der Waals surface area (Å²) in [6.07, 6.45) is 0. The summed E-state index contributed by atoms with van der Waals surface area (Å²) in [7, 11) is 0. The van der Waals surface area contributed by atoms with Gasteiger partial charge in [0, 0.05) is 0 Å². The fourth-order valence-electron chi connectivity index (χ4n) is 0.281. The van der Waals surface area contributed by atoms with Gasteiger partial charge in [-0.25, -0.2) is 0 Å². The fourth-order valence-corrected chi connectivity index (χ4v) is 3.46. The zero-order valence-corrected chi connectivity index (χ0v) is 10.1. The average molecular weight is 372 g/mol. The van der Waals surface area contributed by atoms with Crippen LogP contribution in [0.4, 0.5) is 0 Å². The standard InChI is InChI=1S/C4H8I2NOS/c1-6-7-3(2-9)4(5)8/h3,7,9H,2H2,1H3/q-1. The van der Waals surface area contributed by atoms with Crippen LogP contribution in [0.25, 0.3) is 0 Å². The molecule has 0 rings (SSSR count). The molecule has 9 heavy (non-hydrogen) atoms. The minimum absolute atomic E-state index is 0.00272. The Balaban J connectivity index is 3.54. The Hall–Kier alpha value is 1.44. The van der Waals surface area contributed by atoms with E-state index in [9.17, 15) is 4.79 Å². The van der Waals surface area contributed by atoms with Gasteiger partial charge in [0.2, 0.25) is 0 Å². The molecule has 56 valence electrons. The van der Waals surface area contributed by atoms with E-state index in [1.165, 1.54) is 0 Å². The molecular weight excluding hydrogens is 364 g/mol. The molecule has 0 fully saturated rings. The van der Waals surface area contributed by atoms with Crippen LogP contribution < -0.4 is 25.0 Å². The molecule has 5 heteroatoms. The SMILES string of the molecule is C[I-]NC(CS)C(=O)I. The molecule has 0 spiro atoms. The van der Waals surface area contributed by atoms with E-state index < -0.39 is 0 Å². The van der Waals surface area contributed by atoms with Crippen LogP contribution in [-0.2, 0) is 4.79 Å². The van der Waals surface area contributed by atoms with Crippen molar-refractivity contribution in [3.05, 3.63) is 0 Å². The Labute approximate surface area is 84.7 Å². The van der Waals surface area contributed by atoms with Crippen LogP contribution in [0.3, 0.4) is 0 Å². The van der Waals surface area contributed by atoms with Gasteiger partial charge in [-0.15, -0.1) is 0 Å². The summed E-state index contributed by atoms with van der Waals surface area (Å²) >= 11 is 5.82. The summed E-state index contributed by atoms with van der Waals surface area (Å²) < 4.78 is 3.26. The summed E-state index contributed by atoms with van der Waals surface area (Å²) in [6, 6.07) is -0.0215. The Morgan fingerprint density at radius 3 is 2.67 bits per heavy atom. The van der Waals surface area contributed by atoms with Crippen LogP contribution in [0, 0.1) is 0 Å². The van der Waals surface area contributed by atoms with Gasteiger partial charge in [0.25, 0.3) is 0 Å². The molecule has 1 atom stereocenters. The number of hydrogen-bond donors (Lipinski definition) is 2. The van der Waals surface area contributed by atoms with Crippen LogP contribution >= 0.6 is 35.2 Å². The van der Waals surface area contributed by atoms with E-state index in [4.69, 9.17) is 0 Å². The van der Waals surface area contributed by atoms with E-state index in [0.717, 1.165) is 0 Å². The summed E-state index contributed by atoms with van der Waals surface area (Å²) in [6.45, 7) is 0. The number of thiol groups is 1. The molecular formula is C4H8I2NOS-. The van der Waals surface area contributed by atoms with E-state index >= 15 is 0 Å². The molecule has 0 aromatic heterocycles. The molecule has 0 aromatic carbocycles. The van der Waals surface area contributed by atoms with Gasteiger partial charge in [0.1, 0.15) is 0 Å². The molecule has 0 aliphatic rings. The average Bonchev–Trinajstić information content (AvgIpc) is 1.82. The Morgan fingerprint density at radius 2 is 2.56 bits per heavy atom. The summed E-state index contributed by atoms with van der Waals surface area (Å²) in [5.74, 6) is 0.606. The molecule has 0 saturated carbocycles. The Morgan fingerprint density at radius 1 is 2.00 bits per heavy atom. The van der Waals surface area contributed by atoms with Crippen molar-refractivity contribution in [3.63, 3.8) is 0 Å². The van der Waals surface area contributed by atoms with Crippen LogP contribution in [0.15, 0.2) is 0 Å². The predicted octanol–water partition coefficient (Wildman–Crippen LogP) is -2.53. The van der Waals surface area contributed by atoms with E-state index in [2.05, 4.69) is 21.1 Å². The summed E-state index contributed by atoms with van der Waals surface area (Å²) in [5.41, 5.74) is 0. The zero-order valence-electron chi connectivity index (χ0n) is 4.90. The van der Waals surface area contributed by atoms with Crippen molar-refractivity contribution in [1.29, 1.82) is 0 Å². The number of hydrogen-bond acceptors (Lipinski definition) is 3. The topological polar surface area (TPSA) is 29.1 Å². The van der Waals surface area contributed by atoms with Gasteiger partial charge in [0.15, 0.2) is 0 Å². The van der Waals surface area contributed by atoms with Gasteiger partial charge in [-0.05, 0) is 0 Å². The van der Waals surface area contributed by atoms with Crippen LogP contribution in [0.1, 0.15) is 0 Å². The monoisotopic (exact) mass is 372 g/mol. The fraction of sp³-hybridized carbons (Fsp3) is 0.750. The first-order chi connectivity index (χ1) is 4.22. The molecule has 1 unspecified atom stereocenters. The van der Waals surface area contributed by atoms with Crippen molar-refractivity contribution >= 4 is 39.0 Å². The van der Waals surface area contributed by atoms with Gasteiger partial charge in [0.05, 0.1) is 0 Å². The molecule has 0 aromatic rings. The van der Waals surface area contributed by atoms with Crippen molar-refractivity contribution < 1.29 is 26.3 Å². The summed E-state index contributed by atoms with van der Waals surface area (Å²) in [4.78, 5) is 12.7. The van der Waals surface area contributed by atoms with Gasteiger partial charge in [-0.1, -0.05) is 0 Å². The van der Waals surface area contributed by atoms with Crippen molar-refractivity contribution in [3.8, 4) is 0 Å². The van der Waals surface area contributed by atoms with E-state index in [-0.39, 0.29) is 31.3 Å². The Bertz CT molecular complexity index is 101. The summed E-state index contributed by atoms with van der Waals surface area (Å²) in [5, 5.41) is 0. The van der Waals surface area contributed by atoms with Gasteiger partial charge >= 0.3 is 85.5 Å². The number of nitrogens with one attached hydrogen (secondary N) is 1. The number of alkyl halides is 1. The number of carbonyl (C=O) groups excluding carboxylic acids is 1. The van der Waals surface area contributed by atoms with Crippen molar-refractivity contribution in [1.82, 2.24) is 3.53 Å². The van der Waals surface area contributed by atoms with Gasteiger partial charge in [-0.2, -0.15) is 0 Å². The normalized spacial score (nSPS) is 13.7. The first-order valence-electron chi connectivity index (χ1n) is 2.26. The number of rotatable bonds is 4. The van der Waals surface area contributed by atoms with Gasteiger partial charge in [-0.3, -0.25) is 0 Å². The third-order valence-electron chi connectivity index (χ3n) is 0.697. The quantitative estimate of drug-likeness (QED) is 0.188. The molecule has 0 bridgehead atoms. The van der Waals surface area contributed by atoms with Crippen molar-refractivity contribution in [2.45, 2.75) is 6.04 Å². The maximum atomic E-state index is 10.7. The molecule has 0 aliphatic heterocycles. The molecule has 0 saturated heterocycles. The van der Waals surface area contributed by atoms with Crippen LogP contribution in [-0.4, -0.2) is 20.5 Å². The maximum absolute atomic E-state index is 10.7. The van der Waals surface area contributed by atoms with Crippen LogP contribution in [0.5, 0.6) is 0 Å². The molecule has 2 nitrogen and oxygen atoms in total. The first-order valence-corrected chi connectivity index (χ1v) is 7.21. The zero-order chi connectivity index (χ0) is 7.28. The predicted molar refractivity (Wildman–Crippen MR) is 45.7 cm³/mol. The minimum atomic E-state index is -0.0215. The molecule has 0 heterocycles. The third kappa shape index (κ3) is 4.79. The van der Waals surface area contributed by atoms with Gasteiger partial charge < -0.3 is 0 Å². The second-order valence-corrected chi connectivity index (χ2v) is 4.47. The van der Waals surface area contributed by atoms with E-state index in [1.807, 2.05) is 0 Å². The van der Waals surface area contributed by atoms with Crippen molar-refractivity contribution in [2.24, 2.45) is 0 Å². The second-order valence-electron chi connectivity index (χ2n) is 1.34. The molecule has 1 N–H and O–H groups in total. The number of halogens is 2. The van der Waals surface area contributed by atoms with Crippen LogP contribution in [0.2, 0.25) is 0 Å². The Kier molecular flexibility index (Phi) is 7.16. The first kappa shape index (κ1) is 10.4. The van der Waals surface area contributed by atoms with Crippen molar-refractivity contribution in [2.75, 3.05) is 10.7 Å². The third-order valence-corrected chi connectivity index (χ3v) is 3.19. The number of carbonyl (C=O) groups is 1. The molecule has 0 aliphatic carbocycles. The molecule has 0 amide bonds.